The van der Waals surface area contributed by atoms with Crippen molar-refractivity contribution in [1.29, 1.82) is 0 Å². The SMILES string of the molecule is COC(=O)C(C)c1ccc2c(c1)Oc1ccccc1CC2. The van der Waals surface area contributed by atoms with E-state index in [0.29, 0.717) is 0 Å². The molecule has 3 rings (SSSR count). The Morgan fingerprint density at radius 2 is 1.81 bits per heavy atom. The van der Waals surface area contributed by atoms with Crippen molar-refractivity contribution < 1.29 is 14.3 Å². The standard InChI is InChI=1S/C18H18O3/c1-12(18(19)20-2)15-10-9-14-8-7-13-5-3-4-6-16(13)21-17(14)11-15/h3-6,9-12H,7-8H2,1-2H3. The Labute approximate surface area is 124 Å². The van der Waals surface area contributed by atoms with Crippen molar-refractivity contribution >= 4 is 5.97 Å². The molecule has 3 nitrogen and oxygen atoms in total. The van der Waals surface area contributed by atoms with Crippen molar-refractivity contribution in [1.82, 2.24) is 0 Å². The number of methoxy groups -OCH3 is 1. The second-order valence-electron chi connectivity index (χ2n) is 5.32. The first-order chi connectivity index (χ1) is 10.2. The van der Waals surface area contributed by atoms with Gasteiger partial charge in [0.25, 0.3) is 0 Å². The highest BCUT2D eigenvalue weighted by Crippen LogP contribution is 2.35. The maximum atomic E-state index is 11.7. The largest absolute Gasteiger partial charge is 0.469 e. The van der Waals surface area contributed by atoms with E-state index in [1.807, 2.05) is 37.3 Å². The van der Waals surface area contributed by atoms with Crippen LogP contribution in [-0.4, -0.2) is 13.1 Å². The van der Waals surface area contributed by atoms with Crippen LogP contribution in [0.5, 0.6) is 11.5 Å². The minimum absolute atomic E-state index is 0.232. The number of ether oxygens (including phenoxy) is 2. The Morgan fingerprint density at radius 1 is 1.10 bits per heavy atom. The number of esters is 1. The van der Waals surface area contributed by atoms with E-state index in [-0.39, 0.29) is 11.9 Å². The van der Waals surface area contributed by atoms with Gasteiger partial charge in [0, 0.05) is 0 Å². The molecule has 0 aliphatic carbocycles. The number of fused-ring (bicyclic) bond motifs is 2. The van der Waals surface area contributed by atoms with Gasteiger partial charge in [-0.05, 0) is 48.6 Å². The fourth-order valence-corrected chi connectivity index (χ4v) is 2.65. The van der Waals surface area contributed by atoms with Gasteiger partial charge in [-0.1, -0.05) is 30.3 Å². The van der Waals surface area contributed by atoms with E-state index in [2.05, 4.69) is 12.1 Å². The first-order valence-electron chi connectivity index (χ1n) is 7.15. The summed E-state index contributed by atoms with van der Waals surface area (Å²) >= 11 is 0. The van der Waals surface area contributed by atoms with E-state index in [1.54, 1.807) is 0 Å². The zero-order valence-electron chi connectivity index (χ0n) is 12.3. The van der Waals surface area contributed by atoms with E-state index in [1.165, 1.54) is 18.2 Å². The highest BCUT2D eigenvalue weighted by Gasteiger charge is 2.19. The number of benzene rings is 2. The number of carbonyl (C=O) groups excluding carboxylic acids is 1. The third-order valence-electron chi connectivity index (χ3n) is 4.00. The van der Waals surface area contributed by atoms with Gasteiger partial charge in [0.1, 0.15) is 11.5 Å². The van der Waals surface area contributed by atoms with Crippen LogP contribution in [0.3, 0.4) is 0 Å². The van der Waals surface area contributed by atoms with Crippen molar-refractivity contribution in [3.05, 3.63) is 59.2 Å². The minimum atomic E-state index is -0.289. The highest BCUT2D eigenvalue weighted by molar-refractivity contribution is 5.77. The number of carbonyl (C=O) groups is 1. The molecule has 0 fully saturated rings. The molecule has 2 aromatic rings. The fourth-order valence-electron chi connectivity index (χ4n) is 2.65. The van der Waals surface area contributed by atoms with Gasteiger partial charge in [-0.15, -0.1) is 0 Å². The zero-order valence-corrected chi connectivity index (χ0v) is 12.3. The zero-order chi connectivity index (χ0) is 14.8. The van der Waals surface area contributed by atoms with Crippen LogP contribution in [-0.2, 0) is 22.4 Å². The Hall–Kier alpha value is -2.29. The summed E-state index contributed by atoms with van der Waals surface area (Å²) in [5.41, 5.74) is 3.31. The minimum Gasteiger partial charge on any atom is -0.469 e. The van der Waals surface area contributed by atoms with Gasteiger partial charge in [-0.2, -0.15) is 0 Å². The summed E-state index contributed by atoms with van der Waals surface area (Å²) in [7, 11) is 1.41. The molecule has 3 heteroatoms. The van der Waals surface area contributed by atoms with Gasteiger partial charge in [-0.25, -0.2) is 0 Å². The molecular formula is C18H18O3. The summed E-state index contributed by atoms with van der Waals surface area (Å²) in [5.74, 6) is 1.22. The van der Waals surface area contributed by atoms with Gasteiger partial charge in [0.05, 0.1) is 13.0 Å². The first-order valence-corrected chi connectivity index (χ1v) is 7.15. The van der Waals surface area contributed by atoms with Crippen molar-refractivity contribution in [2.24, 2.45) is 0 Å². The Bertz CT molecular complexity index is 676. The smallest absolute Gasteiger partial charge is 0.312 e. The predicted molar refractivity (Wildman–Crippen MR) is 80.8 cm³/mol. The monoisotopic (exact) mass is 282 g/mol. The Balaban J connectivity index is 1.96. The lowest BCUT2D eigenvalue weighted by Gasteiger charge is -2.13. The summed E-state index contributed by atoms with van der Waals surface area (Å²) in [6.45, 7) is 1.85. The van der Waals surface area contributed by atoms with E-state index in [4.69, 9.17) is 9.47 Å². The molecule has 0 bridgehead atoms. The molecule has 1 aliphatic rings. The molecule has 108 valence electrons. The number of hydrogen-bond donors (Lipinski definition) is 0. The highest BCUT2D eigenvalue weighted by atomic mass is 16.5. The number of hydrogen-bond acceptors (Lipinski definition) is 3. The van der Waals surface area contributed by atoms with Gasteiger partial charge in [0.2, 0.25) is 0 Å². The maximum Gasteiger partial charge on any atom is 0.312 e. The summed E-state index contributed by atoms with van der Waals surface area (Å²) < 4.78 is 10.9. The summed E-state index contributed by atoms with van der Waals surface area (Å²) in [5, 5.41) is 0. The number of rotatable bonds is 2. The first kappa shape index (κ1) is 13.7. The molecule has 0 amide bonds. The Kier molecular flexibility index (Phi) is 3.65. The third-order valence-corrected chi connectivity index (χ3v) is 4.00. The van der Waals surface area contributed by atoms with E-state index >= 15 is 0 Å². The normalized spacial score (nSPS) is 14.2. The second kappa shape index (κ2) is 5.60. The van der Waals surface area contributed by atoms with E-state index < -0.39 is 0 Å². The molecule has 2 aromatic carbocycles. The lowest BCUT2D eigenvalue weighted by atomic mass is 9.97. The molecule has 0 spiro atoms. The molecule has 1 aliphatic heterocycles. The van der Waals surface area contributed by atoms with Crippen LogP contribution in [0.15, 0.2) is 42.5 Å². The fraction of sp³-hybridized carbons (Fsp3) is 0.278. The summed E-state index contributed by atoms with van der Waals surface area (Å²) in [6, 6.07) is 14.1. The van der Waals surface area contributed by atoms with Gasteiger partial charge < -0.3 is 9.47 Å². The van der Waals surface area contributed by atoms with Crippen LogP contribution < -0.4 is 4.74 Å². The van der Waals surface area contributed by atoms with Crippen molar-refractivity contribution in [3.8, 4) is 11.5 Å². The van der Waals surface area contributed by atoms with Gasteiger partial charge in [-0.3, -0.25) is 4.79 Å². The molecule has 1 heterocycles. The molecule has 0 saturated heterocycles. The third kappa shape index (κ3) is 2.64. The van der Waals surface area contributed by atoms with Crippen molar-refractivity contribution in [3.63, 3.8) is 0 Å². The molecule has 1 atom stereocenters. The molecule has 1 unspecified atom stereocenters. The van der Waals surface area contributed by atoms with E-state index in [9.17, 15) is 4.79 Å². The second-order valence-corrected chi connectivity index (χ2v) is 5.32. The average Bonchev–Trinajstić information content (AvgIpc) is 2.71. The molecule has 0 radical (unpaired) electrons. The van der Waals surface area contributed by atoms with Crippen molar-refractivity contribution in [2.75, 3.05) is 7.11 Å². The lowest BCUT2D eigenvalue weighted by molar-refractivity contribution is -0.141. The molecule has 0 aromatic heterocycles. The molecular weight excluding hydrogens is 264 g/mol. The van der Waals surface area contributed by atoms with Crippen LogP contribution in [0, 0.1) is 0 Å². The number of aryl methyl sites for hydroxylation is 2. The lowest BCUT2D eigenvalue weighted by Crippen LogP contribution is -2.11. The Morgan fingerprint density at radius 3 is 2.57 bits per heavy atom. The molecule has 21 heavy (non-hydrogen) atoms. The molecule has 0 N–H and O–H groups in total. The van der Waals surface area contributed by atoms with E-state index in [0.717, 1.165) is 29.9 Å². The number of para-hydroxylation sites is 1. The summed E-state index contributed by atoms with van der Waals surface area (Å²) in [6.07, 6.45) is 1.91. The van der Waals surface area contributed by atoms with Gasteiger partial charge >= 0.3 is 5.97 Å². The van der Waals surface area contributed by atoms with Crippen LogP contribution in [0.2, 0.25) is 0 Å². The summed E-state index contributed by atoms with van der Waals surface area (Å²) in [4.78, 5) is 11.7. The van der Waals surface area contributed by atoms with Gasteiger partial charge in [0.15, 0.2) is 0 Å². The topological polar surface area (TPSA) is 35.5 Å². The van der Waals surface area contributed by atoms with Crippen LogP contribution in [0.1, 0.15) is 29.5 Å². The van der Waals surface area contributed by atoms with Crippen LogP contribution in [0.4, 0.5) is 0 Å². The average molecular weight is 282 g/mol. The van der Waals surface area contributed by atoms with Crippen LogP contribution >= 0.6 is 0 Å². The quantitative estimate of drug-likeness (QED) is 0.785. The predicted octanol–water partition coefficient (Wildman–Crippen LogP) is 3.85. The van der Waals surface area contributed by atoms with Crippen molar-refractivity contribution in [2.45, 2.75) is 25.7 Å². The molecule has 0 saturated carbocycles. The van der Waals surface area contributed by atoms with Crippen LogP contribution in [0.25, 0.3) is 0 Å². The maximum absolute atomic E-state index is 11.7.